The molecule has 1 aliphatic heterocycles. The van der Waals surface area contributed by atoms with E-state index in [9.17, 15) is 9.90 Å². The van der Waals surface area contributed by atoms with Crippen LogP contribution in [-0.2, 0) is 9.53 Å². The first-order valence-corrected chi connectivity index (χ1v) is 6.60. The Hall–Kier alpha value is -0.140. The van der Waals surface area contributed by atoms with Gasteiger partial charge in [0.05, 0.1) is 6.10 Å². The molecule has 0 spiro atoms. The summed E-state index contributed by atoms with van der Waals surface area (Å²) in [6.45, 7) is 2.96. The van der Waals surface area contributed by atoms with E-state index in [1.54, 1.807) is 0 Å². The van der Waals surface area contributed by atoms with Gasteiger partial charge in [-0.1, -0.05) is 22.6 Å². The van der Waals surface area contributed by atoms with Crippen molar-refractivity contribution in [1.82, 2.24) is 4.90 Å². The predicted molar refractivity (Wildman–Crippen MR) is 70.3 cm³/mol. The number of likely N-dealkylation sites (N-methyl/N-ethyl adjacent to an activating group) is 1. The van der Waals surface area contributed by atoms with Crippen LogP contribution in [0.15, 0.2) is 10.2 Å². The van der Waals surface area contributed by atoms with Crippen molar-refractivity contribution in [3.05, 3.63) is 10.2 Å². The van der Waals surface area contributed by atoms with Gasteiger partial charge < -0.3 is 14.7 Å². The number of rotatable bonds is 3. The third-order valence-corrected chi connectivity index (χ3v) is 3.24. The van der Waals surface area contributed by atoms with Gasteiger partial charge >= 0.3 is 5.97 Å². The molecule has 5 heteroatoms. The Labute approximate surface area is 110 Å². The lowest BCUT2D eigenvalue weighted by atomic mass is 9.89. The first-order chi connectivity index (χ1) is 7.54. The van der Waals surface area contributed by atoms with Gasteiger partial charge in [-0.25, -0.2) is 0 Å². The normalized spacial score (nSPS) is 29.2. The van der Waals surface area contributed by atoms with Gasteiger partial charge in [0.1, 0.15) is 6.10 Å². The average Bonchev–Trinajstić information content (AvgIpc) is 2.16. The van der Waals surface area contributed by atoms with Gasteiger partial charge in [-0.05, 0) is 30.2 Å². The van der Waals surface area contributed by atoms with Crippen LogP contribution in [0.25, 0.3) is 0 Å². The van der Waals surface area contributed by atoms with Crippen molar-refractivity contribution in [2.75, 3.05) is 20.1 Å². The molecule has 1 rings (SSSR count). The minimum Gasteiger partial charge on any atom is -0.458 e. The van der Waals surface area contributed by atoms with Gasteiger partial charge in [0.25, 0.3) is 0 Å². The fourth-order valence-corrected chi connectivity index (χ4v) is 2.43. The zero-order valence-electron chi connectivity index (χ0n) is 9.60. The summed E-state index contributed by atoms with van der Waals surface area (Å²) < 4.78 is 7.06. The summed E-state index contributed by atoms with van der Waals surface area (Å²) in [7, 11) is 1.98. The quantitative estimate of drug-likeness (QED) is 0.619. The van der Waals surface area contributed by atoms with E-state index in [1.165, 1.54) is 6.92 Å². The highest BCUT2D eigenvalue weighted by molar-refractivity contribution is 14.1. The SMILES string of the molecule is CC(=O)OC(/C=C/I)C1CCN([14CH3])CC1O. The molecule has 4 nitrogen and oxygen atoms in total. The van der Waals surface area contributed by atoms with Crippen LogP contribution in [0.3, 0.4) is 0 Å². The Morgan fingerprint density at radius 1 is 1.75 bits per heavy atom. The van der Waals surface area contributed by atoms with Gasteiger partial charge in [-0.3, -0.25) is 4.79 Å². The van der Waals surface area contributed by atoms with Crippen molar-refractivity contribution in [3.63, 3.8) is 0 Å². The molecule has 92 valence electrons. The molecule has 1 N–H and O–H groups in total. The number of hydrogen-bond donors (Lipinski definition) is 1. The van der Waals surface area contributed by atoms with Crippen LogP contribution in [0.4, 0.5) is 0 Å². The fraction of sp³-hybridized carbons (Fsp3) is 0.727. The third kappa shape index (κ3) is 4.03. The maximum Gasteiger partial charge on any atom is 0.303 e. The van der Waals surface area contributed by atoms with Crippen LogP contribution in [0.2, 0.25) is 0 Å². The molecule has 0 radical (unpaired) electrons. The second-order valence-corrected chi connectivity index (χ2v) is 4.89. The minimum atomic E-state index is -0.435. The summed E-state index contributed by atoms with van der Waals surface area (Å²) >= 11 is 2.09. The van der Waals surface area contributed by atoms with Crippen molar-refractivity contribution >= 4 is 28.6 Å². The molecule has 3 atom stereocenters. The number of hydrogen-bond acceptors (Lipinski definition) is 4. The Balaban J connectivity index is 2.66. The van der Waals surface area contributed by atoms with Gasteiger partial charge in [-0.15, -0.1) is 0 Å². The van der Waals surface area contributed by atoms with E-state index in [4.69, 9.17) is 4.74 Å². The number of nitrogens with zero attached hydrogens (tertiary/aromatic N) is 1. The fourth-order valence-electron chi connectivity index (χ4n) is 2.02. The third-order valence-electron chi connectivity index (χ3n) is 2.82. The number of halogens is 1. The van der Waals surface area contributed by atoms with Crippen LogP contribution in [0, 0.1) is 5.92 Å². The summed E-state index contributed by atoms with van der Waals surface area (Å²) in [5, 5.41) is 9.98. The minimum absolute atomic E-state index is 0.00566. The van der Waals surface area contributed by atoms with Crippen molar-refractivity contribution in [3.8, 4) is 0 Å². The smallest absolute Gasteiger partial charge is 0.303 e. The molecule has 0 aliphatic carbocycles. The van der Waals surface area contributed by atoms with Crippen molar-refractivity contribution in [1.29, 1.82) is 0 Å². The van der Waals surface area contributed by atoms with E-state index in [0.29, 0.717) is 6.54 Å². The van der Waals surface area contributed by atoms with Crippen LogP contribution >= 0.6 is 22.6 Å². The number of carbonyl (C=O) groups is 1. The molecular formula is C11H18INO3. The molecule has 16 heavy (non-hydrogen) atoms. The summed E-state index contributed by atoms with van der Waals surface area (Å²) in [4.78, 5) is 13.1. The largest absolute Gasteiger partial charge is 0.458 e. The van der Waals surface area contributed by atoms with Crippen molar-refractivity contribution < 1.29 is 14.6 Å². The first-order valence-electron chi connectivity index (χ1n) is 5.35. The molecule has 0 aromatic heterocycles. The number of carbonyl (C=O) groups excluding carboxylic acids is 1. The summed E-state index contributed by atoms with van der Waals surface area (Å²) in [6.07, 6.45) is 1.94. The zero-order valence-corrected chi connectivity index (χ0v) is 11.8. The molecule has 0 saturated carbocycles. The second kappa shape index (κ2) is 6.56. The molecule has 3 unspecified atom stereocenters. The predicted octanol–water partition coefficient (Wildman–Crippen LogP) is 1.18. The van der Waals surface area contributed by atoms with E-state index in [0.717, 1.165) is 13.0 Å². The highest BCUT2D eigenvalue weighted by atomic mass is 127. The Kier molecular flexibility index (Phi) is 5.71. The van der Waals surface area contributed by atoms with E-state index in [-0.39, 0.29) is 18.0 Å². The van der Waals surface area contributed by atoms with Crippen LogP contribution in [0.5, 0.6) is 0 Å². The number of piperidine rings is 1. The van der Waals surface area contributed by atoms with Gasteiger partial charge in [0.15, 0.2) is 0 Å². The van der Waals surface area contributed by atoms with E-state index < -0.39 is 6.10 Å². The van der Waals surface area contributed by atoms with Crippen LogP contribution in [0.1, 0.15) is 13.3 Å². The topological polar surface area (TPSA) is 49.8 Å². The number of aliphatic hydroxyl groups is 1. The van der Waals surface area contributed by atoms with E-state index >= 15 is 0 Å². The zero-order chi connectivity index (χ0) is 12.1. The summed E-state index contributed by atoms with van der Waals surface area (Å²) in [6, 6.07) is 0. The molecule has 0 amide bonds. The molecule has 1 saturated heterocycles. The number of ether oxygens (including phenoxy) is 1. The maximum absolute atomic E-state index is 11.0. The van der Waals surface area contributed by atoms with Crippen LogP contribution in [-0.4, -0.2) is 48.3 Å². The Bertz CT molecular complexity index is 270. The number of esters is 1. The first kappa shape index (κ1) is 13.9. The van der Waals surface area contributed by atoms with Gasteiger partial charge in [0, 0.05) is 19.4 Å². The highest BCUT2D eigenvalue weighted by Gasteiger charge is 2.32. The lowest BCUT2D eigenvalue weighted by Gasteiger charge is -2.36. The van der Waals surface area contributed by atoms with E-state index in [2.05, 4.69) is 27.5 Å². The summed E-state index contributed by atoms with van der Waals surface area (Å²) in [5.74, 6) is -0.295. The Morgan fingerprint density at radius 3 is 2.94 bits per heavy atom. The molecular weight excluding hydrogens is 323 g/mol. The van der Waals surface area contributed by atoms with Gasteiger partial charge in [0.2, 0.25) is 0 Å². The Morgan fingerprint density at radius 2 is 2.44 bits per heavy atom. The lowest BCUT2D eigenvalue weighted by Crippen LogP contribution is -2.46. The number of likely N-dealkylation sites (tertiary alicyclic amines) is 1. The monoisotopic (exact) mass is 341 g/mol. The van der Waals surface area contributed by atoms with Crippen LogP contribution < -0.4 is 0 Å². The maximum atomic E-state index is 11.0. The second-order valence-electron chi connectivity index (χ2n) is 4.17. The summed E-state index contributed by atoms with van der Waals surface area (Å²) in [5.41, 5.74) is 0. The number of β-amino-alcohol motifs (C(OH)–C–C–N with tert-alkyl or cyclic N) is 1. The van der Waals surface area contributed by atoms with Crippen molar-refractivity contribution in [2.24, 2.45) is 5.92 Å². The highest BCUT2D eigenvalue weighted by Crippen LogP contribution is 2.24. The number of aliphatic hydroxyl groups excluding tert-OH is 1. The molecule has 1 heterocycles. The average molecular weight is 341 g/mol. The molecule has 1 fully saturated rings. The molecule has 0 bridgehead atoms. The van der Waals surface area contributed by atoms with Crippen molar-refractivity contribution in [2.45, 2.75) is 25.6 Å². The standard InChI is InChI=1S/C11H18INO3/c1-8(14)16-11(3-5-12)9-4-6-13(2)7-10(9)15/h3,5,9-11,15H,4,6-7H2,1-2H3/b5-3+/i2+2. The van der Waals surface area contributed by atoms with E-state index in [1.807, 2.05) is 17.2 Å². The molecule has 0 aromatic carbocycles. The lowest BCUT2D eigenvalue weighted by molar-refractivity contribution is -0.149. The molecule has 1 aliphatic rings. The van der Waals surface area contributed by atoms with Gasteiger partial charge in [-0.2, -0.15) is 0 Å². The molecule has 0 aromatic rings.